The Bertz CT molecular complexity index is 627. The standard InChI is InChI=1S/C14H15ClFNO6/c1-4-5-23-14(12(19)20)6-9(17(21)22)11(16)10(8(2)7-18)13(14,3)15/h4,6-8H,1,5H2,2-3H3,(H,19,20). The third-order valence-corrected chi connectivity index (χ3v) is 4.09. The number of carboxylic acids is 1. The third kappa shape index (κ3) is 2.91. The van der Waals surface area contributed by atoms with Gasteiger partial charge in [-0.25, -0.2) is 4.79 Å². The Kier molecular flexibility index (Phi) is 5.44. The molecule has 0 heterocycles. The molecule has 0 saturated carbocycles. The van der Waals surface area contributed by atoms with Gasteiger partial charge in [0.15, 0.2) is 0 Å². The molecule has 0 fully saturated rings. The van der Waals surface area contributed by atoms with E-state index in [-0.39, 0.29) is 6.61 Å². The topological polar surface area (TPSA) is 107 Å². The number of aliphatic carboxylic acids is 1. The Balaban J connectivity index is 3.78. The minimum absolute atomic E-state index is 0.305. The number of carbonyl (C=O) groups is 2. The predicted octanol–water partition coefficient (Wildman–Crippen LogP) is 2.24. The summed E-state index contributed by atoms with van der Waals surface area (Å²) in [5.41, 5.74) is -4.07. The van der Waals surface area contributed by atoms with E-state index in [2.05, 4.69) is 6.58 Å². The number of carboxylic acid groups (broad SMARTS) is 1. The lowest BCUT2D eigenvalue weighted by atomic mass is 9.73. The van der Waals surface area contributed by atoms with Crippen LogP contribution in [0, 0.1) is 16.0 Å². The molecule has 1 rings (SSSR count). The minimum atomic E-state index is -2.44. The van der Waals surface area contributed by atoms with Gasteiger partial charge in [-0.15, -0.1) is 18.2 Å². The van der Waals surface area contributed by atoms with Crippen molar-refractivity contribution >= 4 is 23.9 Å². The van der Waals surface area contributed by atoms with Crippen LogP contribution in [0.5, 0.6) is 0 Å². The summed E-state index contributed by atoms with van der Waals surface area (Å²) in [4.78, 5) is 30.8. The highest BCUT2D eigenvalue weighted by atomic mass is 35.5. The van der Waals surface area contributed by atoms with Gasteiger partial charge in [0.25, 0.3) is 0 Å². The van der Waals surface area contributed by atoms with Gasteiger partial charge in [-0.3, -0.25) is 10.1 Å². The van der Waals surface area contributed by atoms with E-state index in [1.165, 1.54) is 13.0 Å². The highest BCUT2D eigenvalue weighted by Crippen LogP contribution is 2.49. The molecule has 0 aliphatic heterocycles. The number of hydrogen-bond acceptors (Lipinski definition) is 5. The van der Waals surface area contributed by atoms with Crippen LogP contribution in [0.3, 0.4) is 0 Å². The maximum atomic E-state index is 14.5. The Hall–Kier alpha value is -2.06. The highest BCUT2D eigenvalue weighted by Gasteiger charge is 2.61. The van der Waals surface area contributed by atoms with Gasteiger partial charge in [0.1, 0.15) is 11.2 Å². The first-order valence-corrected chi connectivity index (χ1v) is 6.84. The van der Waals surface area contributed by atoms with Gasteiger partial charge in [0.2, 0.25) is 11.4 Å². The van der Waals surface area contributed by atoms with Crippen LogP contribution in [-0.2, 0) is 14.3 Å². The van der Waals surface area contributed by atoms with Crippen LogP contribution in [-0.4, -0.2) is 39.4 Å². The molecule has 0 aromatic heterocycles. The van der Waals surface area contributed by atoms with Crippen LogP contribution >= 0.6 is 11.6 Å². The fraction of sp³-hybridized carbons (Fsp3) is 0.429. The summed E-state index contributed by atoms with van der Waals surface area (Å²) < 4.78 is 19.7. The molecule has 0 aromatic carbocycles. The fourth-order valence-electron chi connectivity index (χ4n) is 2.46. The lowest BCUT2D eigenvalue weighted by molar-refractivity contribution is -0.424. The van der Waals surface area contributed by atoms with Crippen molar-refractivity contribution in [2.45, 2.75) is 24.3 Å². The molecule has 7 nitrogen and oxygen atoms in total. The summed E-state index contributed by atoms with van der Waals surface area (Å²) in [7, 11) is 0. The van der Waals surface area contributed by atoms with Crippen LogP contribution in [0.4, 0.5) is 4.39 Å². The Morgan fingerprint density at radius 1 is 1.70 bits per heavy atom. The quantitative estimate of drug-likeness (QED) is 0.249. The molecule has 0 bridgehead atoms. The average molecular weight is 348 g/mol. The summed E-state index contributed by atoms with van der Waals surface area (Å²) in [5, 5.41) is 20.6. The highest BCUT2D eigenvalue weighted by molar-refractivity contribution is 6.29. The van der Waals surface area contributed by atoms with Crippen molar-refractivity contribution in [3.05, 3.63) is 45.9 Å². The normalized spacial score (nSPS) is 28.8. The second-order valence-corrected chi connectivity index (χ2v) is 5.84. The zero-order valence-corrected chi connectivity index (χ0v) is 13.2. The number of allylic oxidation sites excluding steroid dienone is 1. The number of ether oxygens (including phenoxy) is 1. The minimum Gasteiger partial charge on any atom is -0.479 e. The van der Waals surface area contributed by atoms with Gasteiger partial charge >= 0.3 is 11.7 Å². The first-order valence-electron chi connectivity index (χ1n) is 6.47. The molecule has 1 aliphatic rings. The molecule has 0 aromatic rings. The van der Waals surface area contributed by atoms with Crippen LogP contribution in [0.2, 0.25) is 0 Å². The summed E-state index contributed by atoms with van der Waals surface area (Å²) in [6, 6.07) is 0. The summed E-state index contributed by atoms with van der Waals surface area (Å²) in [6.07, 6.45) is 2.05. The van der Waals surface area contributed by atoms with Crippen LogP contribution < -0.4 is 0 Å². The van der Waals surface area contributed by atoms with Crippen molar-refractivity contribution in [2.24, 2.45) is 5.92 Å². The fourth-order valence-corrected chi connectivity index (χ4v) is 2.90. The molecular weight excluding hydrogens is 333 g/mol. The molecule has 1 N–H and O–H groups in total. The smallest absolute Gasteiger partial charge is 0.342 e. The van der Waals surface area contributed by atoms with E-state index in [0.717, 1.165) is 6.92 Å². The second-order valence-electron chi connectivity index (χ2n) is 5.08. The van der Waals surface area contributed by atoms with E-state index in [4.69, 9.17) is 16.3 Å². The van der Waals surface area contributed by atoms with Gasteiger partial charge in [-0.05, 0) is 6.92 Å². The van der Waals surface area contributed by atoms with E-state index in [1.54, 1.807) is 0 Å². The van der Waals surface area contributed by atoms with E-state index in [9.17, 15) is 29.2 Å². The molecule has 0 radical (unpaired) electrons. The Labute approximate surface area is 136 Å². The lowest BCUT2D eigenvalue weighted by Crippen LogP contribution is -2.59. The second kappa shape index (κ2) is 6.59. The number of nitro groups is 1. The zero-order chi connectivity index (χ0) is 18.0. The van der Waals surface area contributed by atoms with Crippen molar-refractivity contribution in [1.29, 1.82) is 0 Å². The van der Waals surface area contributed by atoms with Gasteiger partial charge < -0.3 is 14.6 Å². The molecule has 0 spiro atoms. The van der Waals surface area contributed by atoms with Crippen LogP contribution in [0.1, 0.15) is 13.8 Å². The Morgan fingerprint density at radius 2 is 2.26 bits per heavy atom. The van der Waals surface area contributed by atoms with E-state index < -0.39 is 44.4 Å². The number of carbonyl (C=O) groups excluding carboxylic acids is 1. The first-order chi connectivity index (χ1) is 10.6. The molecule has 3 atom stereocenters. The molecular formula is C14H15ClFNO6. The molecule has 23 heavy (non-hydrogen) atoms. The predicted molar refractivity (Wildman–Crippen MR) is 79.2 cm³/mol. The number of alkyl halides is 1. The van der Waals surface area contributed by atoms with Crippen molar-refractivity contribution in [2.75, 3.05) is 6.61 Å². The van der Waals surface area contributed by atoms with Crippen molar-refractivity contribution < 1.29 is 28.7 Å². The SMILES string of the molecule is C=CCOC1(C(=O)O)C=C([N+](=O)[O-])C(F)=C(C(C)C=O)C1(C)Cl. The molecule has 3 unspecified atom stereocenters. The van der Waals surface area contributed by atoms with E-state index in [0.29, 0.717) is 12.4 Å². The van der Waals surface area contributed by atoms with Gasteiger partial charge in [0, 0.05) is 17.6 Å². The Morgan fingerprint density at radius 3 is 2.65 bits per heavy atom. The average Bonchev–Trinajstić information content (AvgIpc) is 2.45. The molecule has 126 valence electrons. The van der Waals surface area contributed by atoms with E-state index in [1.807, 2.05) is 0 Å². The largest absolute Gasteiger partial charge is 0.479 e. The lowest BCUT2D eigenvalue weighted by Gasteiger charge is -2.43. The molecule has 0 amide bonds. The number of aldehydes is 1. The first kappa shape index (κ1) is 19.0. The summed E-state index contributed by atoms with van der Waals surface area (Å²) in [6.45, 7) is 5.45. The summed E-state index contributed by atoms with van der Waals surface area (Å²) in [5.74, 6) is -4.18. The van der Waals surface area contributed by atoms with Crippen molar-refractivity contribution in [1.82, 2.24) is 0 Å². The maximum Gasteiger partial charge on any atom is 0.342 e. The van der Waals surface area contributed by atoms with Crippen LogP contribution in [0.15, 0.2) is 35.8 Å². The number of hydrogen-bond donors (Lipinski definition) is 1. The molecule has 9 heteroatoms. The molecule has 1 aliphatic carbocycles. The summed E-state index contributed by atoms with van der Waals surface area (Å²) >= 11 is 6.27. The molecule has 0 saturated heterocycles. The van der Waals surface area contributed by atoms with Crippen molar-refractivity contribution in [3.8, 4) is 0 Å². The zero-order valence-electron chi connectivity index (χ0n) is 12.4. The van der Waals surface area contributed by atoms with Gasteiger partial charge in [-0.1, -0.05) is 13.0 Å². The van der Waals surface area contributed by atoms with Gasteiger partial charge in [0.05, 0.1) is 11.5 Å². The van der Waals surface area contributed by atoms with Crippen LogP contribution in [0.25, 0.3) is 0 Å². The number of nitrogens with zero attached hydrogens (tertiary/aromatic N) is 1. The maximum absolute atomic E-state index is 14.5. The number of rotatable bonds is 7. The van der Waals surface area contributed by atoms with Gasteiger partial charge in [-0.2, -0.15) is 4.39 Å². The van der Waals surface area contributed by atoms with Crippen molar-refractivity contribution in [3.63, 3.8) is 0 Å². The monoisotopic (exact) mass is 347 g/mol. The van der Waals surface area contributed by atoms with E-state index >= 15 is 0 Å². The third-order valence-electron chi connectivity index (χ3n) is 3.61. The number of halogens is 2.